The van der Waals surface area contributed by atoms with Crippen LogP contribution in [0.25, 0.3) is 22.0 Å². The van der Waals surface area contributed by atoms with E-state index in [0.717, 1.165) is 30.5 Å². The topological polar surface area (TPSA) is 146 Å². The van der Waals surface area contributed by atoms with Crippen LogP contribution in [0.1, 0.15) is 23.8 Å². The van der Waals surface area contributed by atoms with E-state index in [9.17, 15) is 22.4 Å². The number of amides is 2. The van der Waals surface area contributed by atoms with Gasteiger partial charge in [0.15, 0.2) is 22.2 Å². The summed E-state index contributed by atoms with van der Waals surface area (Å²) in [5.74, 6) is -4.77. The molecule has 4 aromatic rings. The fraction of sp³-hybridized carbons (Fsp3) is 0.231. The van der Waals surface area contributed by atoms with Crippen LogP contribution in [0.3, 0.4) is 0 Å². The van der Waals surface area contributed by atoms with Crippen molar-refractivity contribution in [1.82, 2.24) is 25.4 Å². The number of nitrogens with one attached hydrogen (secondary N) is 3. The standard InChI is InChI=1S/C26H22ClF3N6O5S/c1-12(37)36-8-7-14(11-36)32-25(38)24-16-4-3-15(21(29)23(16)33-34-24)20-17(28)5-6-18(22(20)30)35-42(39,40)19-9-13(27)10-31-26(19)41-2/h3-6,9-10,14,35H,7-8,11H2,1-2H3,(H,32,38)(H,33,34). The zero-order valence-electron chi connectivity index (χ0n) is 22.0. The number of halogens is 4. The van der Waals surface area contributed by atoms with Gasteiger partial charge in [-0.15, -0.1) is 0 Å². The van der Waals surface area contributed by atoms with Crippen molar-refractivity contribution in [2.75, 3.05) is 24.9 Å². The van der Waals surface area contributed by atoms with Crippen LogP contribution in [0.4, 0.5) is 18.9 Å². The summed E-state index contributed by atoms with van der Waals surface area (Å²) in [6, 6.07) is 4.63. The number of likely N-dealkylation sites (tertiary alicyclic amines) is 1. The van der Waals surface area contributed by atoms with Gasteiger partial charge in [-0.2, -0.15) is 5.10 Å². The fourth-order valence-electron chi connectivity index (χ4n) is 4.67. The molecule has 5 rings (SSSR count). The zero-order valence-corrected chi connectivity index (χ0v) is 23.5. The molecular weight excluding hydrogens is 601 g/mol. The summed E-state index contributed by atoms with van der Waals surface area (Å²) in [5.41, 5.74) is -2.54. The van der Waals surface area contributed by atoms with Crippen molar-refractivity contribution < 1.29 is 35.9 Å². The quantitative estimate of drug-likeness (QED) is 0.284. The Morgan fingerprint density at radius 1 is 1.17 bits per heavy atom. The van der Waals surface area contributed by atoms with Crippen molar-refractivity contribution in [3.05, 3.63) is 64.7 Å². The molecule has 2 amide bonds. The first-order valence-corrected chi connectivity index (χ1v) is 14.2. The van der Waals surface area contributed by atoms with Crippen LogP contribution in [-0.2, 0) is 14.8 Å². The second kappa shape index (κ2) is 11.1. The number of pyridine rings is 1. The largest absolute Gasteiger partial charge is 0.480 e. The van der Waals surface area contributed by atoms with Gasteiger partial charge in [-0.05, 0) is 30.7 Å². The van der Waals surface area contributed by atoms with Crippen LogP contribution in [0.2, 0.25) is 5.02 Å². The summed E-state index contributed by atoms with van der Waals surface area (Å²) in [7, 11) is -3.37. The van der Waals surface area contributed by atoms with E-state index >= 15 is 8.78 Å². The fourth-order valence-corrected chi connectivity index (χ4v) is 6.10. The second-order valence-electron chi connectivity index (χ2n) is 9.40. The number of aromatic nitrogens is 3. The van der Waals surface area contributed by atoms with E-state index < -0.39 is 55.1 Å². The van der Waals surface area contributed by atoms with E-state index in [0.29, 0.717) is 19.5 Å². The Labute approximate surface area is 242 Å². The molecule has 0 bridgehead atoms. The van der Waals surface area contributed by atoms with Crippen LogP contribution in [-0.4, -0.2) is 66.6 Å². The normalized spacial score (nSPS) is 15.2. The highest BCUT2D eigenvalue weighted by atomic mass is 35.5. The number of fused-ring (bicyclic) bond motifs is 1. The van der Waals surface area contributed by atoms with Gasteiger partial charge in [0, 0.05) is 43.2 Å². The van der Waals surface area contributed by atoms with Gasteiger partial charge in [-0.1, -0.05) is 17.7 Å². The van der Waals surface area contributed by atoms with E-state index in [4.69, 9.17) is 16.3 Å². The maximum Gasteiger partial charge on any atom is 0.272 e. The minimum atomic E-state index is -4.54. The molecule has 0 spiro atoms. The van der Waals surface area contributed by atoms with Gasteiger partial charge in [0.25, 0.3) is 15.9 Å². The van der Waals surface area contributed by atoms with E-state index in [1.807, 2.05) is 4.72 Å². The molecule has 1 unspecified atom stereocenters. The van der Waals surface area contributed by atoms with Crippen LogP contribution >= 0.6 is 11.6 Å². The number of H-pyrrole nitrogens is 1. The Morgan fingerprint density at radius 2 is 1.93 bits per heavy atom. The van der Waals surface area contributed by atoms with Gasteiger partial charge < -0.3 is 15.0 Å². The number of nitrogens with zero attached hydrogens (tertiary/aromatic N) is 3. The molecule has 42 heavy (non-hydrogen) atoms. The van der Waals surface area contributed by atoms with Gasteiger partial charge >= 0.3 is 0 Å². The highest BCUT2D eigenvalue weighted by Gasteiger charge is 2.29. The van der Waals surface area contributed by atoms with Crippen molar-refractivity contribution in [2.45, 2.75) is 24.3 Å². The number of hydrogen-bond donors (Lipinski definition) is 3. The molecule has 0 saturated carbocycles. The van der Waals surface area contributed by atoms with Crippen LogP contribution in [0.15, 0.2) is 41.4 Å². The van der Waals surface area contributed by atoms with Crippen LogP contribution in [0, 0.1) is 17.5 Å². The van der Waals surface area contributed by atoms with E-state index in [1.165, 1.54) is 20.1 Å². The Morgan fingerprint density at radius 3 is 2.62 bits per heavy atom. The van der Waals surface area contributed by atoms with E-state index in [2.05, 4.69) is 20.5 Å². The highest BCUT2D eigenvalue weighted by Crippen LogP contribution is 2.36. The number of ether oxygens (including phenoxy) is 1. The Bertz CT molecular complexity index is 1850. The summed E-state index contributed by atoms with van der Waals surface area (Å²) in [4.78, 5) is 29.3. The molecule has 1 saturated heterocycles. The lowest BCUT2D eigenvalue weighted by Gasteiger charge is -2.15. The molecule has 1 aliphatic heterocycles. The first-order valence-electron chi connectivity index (χ1n) is 12.3. The summed E-state index contributed by atoms with van der Waals surface area (Å²) in [5, 5.41) is 9.04. The Hall–Kier alpha value is -4.37. The predicted molar refractivity (Wildman–Crippen MR) is 146 cm³/mol. The van der Waals surface area contributed by atoms with Gasteiger partial charge in [0.05, 0.1) is 23.4 Å². The van der Waals surface area contributed by atoms with Crippen molar-refractivity contribution >= 4 is 50.0 Å². The molecule has 2 aromatic carbocycles. The lowest BCUT2D eigenvalue weighted by atomic mass is 10.0. The molecular formula is C26H22ClF3N6O5S. The third-order valence-electron chi connectivity index (χ3n) is 6.73. The number of benzene rings is 2. The number of anilines is 1. The number of rotatable bonds is 7. The smallest absolute Gasteiger partial charge is 0.272 e. The monoisotopic (exact) mass is 622 g/mol. The minimum Gasteiger partial charge on any atom is -0.480 e. The number of carbonyl (C=O) groups excluding carboxylic acids is 2. The van der Waals surface area contributed by atoms with Crippen molar-refractivity contribution in [3.8, 4) is 17.0 Å². The number of methoxy groups -OCH3 is 1. The van der Waals surface area contributed by atoms with Gasteiger partial charge in [-0.3, -0.25) is 19.4 Å². The number of aromatic amines is 1. The first kappa shape index (κ1) is 29.1. The molecule has 220 valence electrons. The molecule has 2 aromatic heterocycles. The van der Waals surface area contributed by atoms with E-state index in [1.54, 1.807) is 4.90 Å². The summed E-state index contributed by atoms with van der Waals surface area (Å²) >= 11 is 5.86. The molecule has 0 aliphatic carbocycles. The molecule has 3 N–H and O–H groups in total. The molecule has 0 radical (unpaired) electrons. The molecule has 16 heteroatoms. The lowest BCUT2D eigenvalue weighted by Crippen LogP contribution is -2.38. The second-order valence-corrected chi connectivity index (χ2v) is 11.5. The van der Waals surface area contributed by atoms with Crippen LogP contribution in [0.5, 0.6) is 5.88 Å². The maximum absolute atomic E-state index is 15.7. The number of hydrogen-bond acceptors (Lipinski definition) is 7. The maximum atomic E-state index is 15.7. The molecule has 3 heterocycles. The SMILES string of the molecule is COc1ncc(Cl)cc1S(=O)(=O)Nc1ccc(F)c(-c2ccc3c(C(=O)NC4CCN(C(C)=O)C4)n[nH]c3c2F)c1F. The zero-order chi connectivity index (χ0) is 30.3. The molecule has 1 aliphatic rings. The van der Waals surface area contributed by atoms with Gasteiger partial charge in [0.2, 0.25) is 11.8 Å². The van der Waals surface area contributed by atoms with Gasteiger partial charge in [-0.25, -0.2) is 26.6 Å². The average Bonchev–Trinajstić information content (AvgIpc) is 3.59. The van der Waals surface area contributed by atoms with Crippen LogP contribution < -0.4 is 14.8 Å². The third-order valence-corrected chi connectivity index (χ3v) is 8.30. The number of sulfonamides is 1. The Kier molecular flexibility index (Phi) is 7.72. The molecule has 1 fully saturated rings. The third kappa shape index (κ3) is 5.32. The summed E-state index contributed by atoms with van der Waals surface area (Å²) in [6.45, 7) is 2.23. The molecule has 11 nitrogen and oxygen atoms in total. The van der Waals surface area contributed by atoms with Crippen molar-refractivity contribution in [2.24, 2.45) is 0 Å². The first-order chi connectivity index (χ1) is 19.9. The Balaban J connectivity index is 1.47. The molecule has 1 atom stereocenters. The van der Waals surface area contributed by atoms with Gasteiger partial charge in [0.1, 0.15) is 11.3 Å². The number of carbonyl (C=O) groups is 2. The average molecular weight is 623 g/mol. The highest BCUT2D eigenvalue weighted by molar-refractivity contribution is 7.92. The van der Waals surface area contributed by atoms with Crippen molar-refractivity contribution in [1.29, 1.82) is 0 Å². The lowest BCUT2D eigenvalue weighted by molar-refractivity contribution is -0.127. The van der Waals surface area contributed by atoms with Crippen molar-refractivity contribution in [3.63, 3.8) is 0 Å². The summed E-state index contributed by atoms with van der Waals surface area (Å²) < 4.78 is 79.2. The predicted octanol–water partition coefficient (Wildman–Crippen LogP) is 3.86. The van der Waals surface area contributed by atoms with E-state index in [-0.39, 0.29) is 39.4 Å². The summed E-state index contributed by atoms with van der Waals surface area (Å²) in [6.07, 6.45) is 1.68. The minimum absolute atomic E-state index is 0.0410.